The number of amides is 1. The van der Waals surface area contributed by atoms with Gasteiger partial charge in [0.15, 0.2) is 11.5 Å². The van der Waals surface area contributed by atoms with E-state index >= 15 is 0 Å². The molecule has 1 aliphatic heterocycles. The molecule has 1 N–H and O–H groups in total. The number of para-hydroxylation sites is 1. The van der Waals surface area contributed by atoms with E-state index in [2.05, 4.69) is 0 Å². The summed E-state index contributed by atoms with van der Waals surface area (Å²) in [7, 11) is 4.24. The van der Waals surface area contributed by atoms with Crippen LogP contribution in [-0.2, 0) is 9.59 Å². The number of Topliss-reactive ketones (excluding diaryl/α,β-unsaturated/α-hetero) is 1. The van der Waals surface area contributed by atoms with Crippen molar-refractivity contribution in [1.82, 2.24) is 0 Å². The van der Waals surface area contributed by atoms with Crippen molar-refractivity contribution in [1.29, 1.82) is 0 Å². The lowest BCUT2D eigenvalue weighted by Crippen LogP contribution is -2.29. The molecule has 1 aliphatic rings. The largest absolute Gasteiger partial charge is 0.507 e. The third kappa shape index (κ3) is 4.49. The van der Waals surface area contributed by atoms with Crippen molar-refractivity contribution in [3.63, 3.8) is 0 Å². The number of ether oxygens (including phenoxy) is 3. The Kier molecular flexibility index (Phi) is 7.39. The zero-order valence-corrected chi connectivity index (χ0v) is 22.4. The number of carbonyl (C=O) groups is 2. The Balaban J connectivity index is 2.07. The highest BCUT2D eigenvalue weighted by atomic mass is 35.5. The summed E-state index contributed by atoms with van der Waals surface area (Å²) in [5.74, 6) is -1.55. The third-order valence-corrected chi connectivity index (χ3v) is 6.78. The molecule has 1 saturated heterocycles. The van der Waals surface area contributed by atoms with Crippen molar-refractivity contribution >= 4 is 46.3 Å². The summed E-state index contributed by atoms with van der Waals surface area (Å²) in [6.45, 7) is 3.80. The number of aryl methyl sites for hydroxylation is 2. The predicted molar refractivity (Wildman–Crippen MR) is 143 cm³/mol. The Hall–Kier alpha value is -3.68. The summed E-state index contributed by atoms with van der Waals surface area (Å²) in [4.78, 5) is 28.5. The van der Waals surface area contributed by atoms with Crippen LogP contribution in [0.25, 0.3) is 5.76 Å². The van der Waals surface area contributed by atoms with E-state index in [0.717, 1.165) is 11.1 Å². The van der Waals surface area contributed by atoms with Crippen LogP contribution in [0.2, 0.25) is 10.0 Å². The summed E-state index contributed by atoms with van der Waals surface area (Å²) in [5, 5.41) is 11.7. The number of aliphatic hydroxyl groups excluding tert-OH is 1. The predicted octanol–water partition coefficient (Wildman–Crippen LogP) is 6.26. The molecular weight excluding hydrogens is 517 g/mol. The van der Waals surface area contributed by atoms with E-state index in [-0.39, 0.29) is 32.7 Å². The van der Waals surface area contributed by atoms with Gasteiger partial charge in [-0.15, -0.1) is 0 Å². The lowest BCUT2D eigenvalue weighted by atomic mass is 9.94. The fourth-order valence-electron chi connectivity index (χ4n) is 4.67. The molecule has 1 amide bonds. The summed E-state index contributed by atoms with van der Waals surface area (Å²) >= 11 is 12.8. The van der Waals surface area contributed by atoms with Gasteiger partial charge in [0.05, 0.1) is 43.5 Å². The monoisotopic (exact) mass is 541 g/mol. The minimum atomic E-state index is -1.01. The minimum Gasteiger partial charge on any atom is -0.507 e. The molecule has 37 heavy (non-hydrogen) atoms. The molecule has 1 fully saturated rings. The highest BCUT2D eigenvalue weighted by Gasteiger charge is 2.48. The van der Waals surface area contributed by atoms with Crippen LogP contribution in [0, 0.1) is 13.8 Å². The maximum Gasteiger partial charge on any atom is 0.300 e. The van der Waals surface area contributed by atoms with Gasteiger partial charge in [0, 0.05) is 11.3 Å². The molecule has 3 aromatic rings. The number of hydrogen-bond acceptors (Lipinski definition) is 6. The molecule has 0 spiro atoms. The maximum atomic E-state index is 13.6. The summed E-state index contributed by atoms with van der Waals surface area (Å²) in [5.41, 5.74) is 2.71. The number of rotatable bonds is 6. The zero-order chi connectivity index (χ0) is 27.0. The molecule has 0 radical (unpaired) electrons. The average Bonchev–Trinajstić information content (AvgIpc) is 3.13. The van der Waals surface area contributed by atoms with Crippen LogP contribution in [0.5, 0.6) is 17.2 Å². The molecular formula is C28H25Cl2NO6. The molecule has 0 aromatic heterocycles. The van der Waals surface area contributed by atoms with Crippen LogP contribution in [0.1, 0.15) is 28.3 Å². The van der Waals surface area contributed by atoms with Crippen molar-refractivity contribution in [2.45, 2.75) is 19.9 Å². The lowest BCUT2D eigenvalue weighted by molar-refractivity contribution is -0.132. The standard InChI is InChI=1S/C28H25Cl2NO6/c1-14-10-15(2)12-16(11-14)31-23(17-8-6-7-9-20(17)35-3)21(25(33)28(31)34)24(32)18-13-19(29)27(37-5)22(30)26(18)36-4/h6-13,23,32H,1-5H3/b24-21+. The second-order valence-electron chi connectivity index (χ2n) is 8.54. The summed E-state index contributed by atoms with van der Waals surface area (Å²) in [6, 6.07) is 12.9. The SMILES string of the molecule is COc1ccccc1C1/C(=C(\O)c2cc(Cl)c(OC)c(Cl)c2OC)C(=O)C(=O)N1c1cc(C)cc(C)c1. The summed E-state index contributed by atoms with van der Waals surface area (Å²) in [6.07, 6.45) is 0. The minimum absolute atomic E-state index is 0.0106. The number of ketones is 1. The number of halogens is 2. The van der Waals surface area contributed by atoms with Gasteiger partial charge in [0.1, 0.15) is 16.5 Å². The second kappa shape index (κ2) is 10.4. The molecule has 1 atom stereocenters. The molecule has 9 heteroatoms. The molecule has 192 valence electrons. The van der Waals surface area contributed by atoms with Crippen LogP contribution < -0.4 is 19.1 Å². The first kappa shape index (κ1) is 26.4. The molecule has 4 rings (SSSR count). The van der Waals surface area contributed by atoms with Crippen molar-refractivity contribution < 1.29 is 28.9 Å². The van der Waals surface area contributed by atoms with E-state index in [4.69, 9.17) is 37.4 Å². The zero-order valence-electron chi connectivity index (χ0n) is 20.9. The number of carbonyl (C=O) groups excluding carboxylic acids is 2. The number of nitrogens with zero attached hydrogens (tertiary/aromatic N) is 1. The maximum absolute atomic E-state index is 13.6. The quantitative estimate of drug-likeness (QED) is 0.225. The number of benzene rings is 3. The highest BCUT2D eigenvalue weighted by molar-refractivity contribution is 6.52. The van der Waals surface area contributed by atoms with E-state index < -0.39 is 23.5 Å². The molecule has 0 aliphatic carbocycles. The van der Waals surface area contributed by atoms with Gasteiger partial charge in [-0.3, -0.25) is 14.5 Å². The van der Waals surface area contributed by atoms with Gasteiger partial charge in [-0.05, 0) is 49.2 Å². The van der Waals surface area contributed by atoms with Crippen LogP contribution in [0.3, 0.4) is 0 Å². The van der Waals surface area contributed by atoms with E-state index in [1.54, 1.807) is 24.3 Å². The Labute approximate surface area is 224 Å². The Morgan fingerprint density at radius 1 is 0.892 bits per heavy atom. The highest BCUT2D eigenvalue weighted by Crippen LogP contribution is 2.49. The topological polar surface area (TPSA) is 85.3 Å². The van der Waals surface area contributed by atoms with Crippen LogP contribution in [0.15, 0.2) is 54.1 Å². The number of anilines is 1. The van der Waals surface area contributed by atoms with Crippen molar-refractivity contribution in [2.24, 2.45) is 0 Å². The van der Waals surface area contributed by atoms with Gasteiger partial charge in [0.2, 0.25) is 0 Å². The number of hydrogen-bond donors (Lipinski definition) is 1. The van der Waals surface area contributed by atoms with Gasteiger partial charge in [-0.2, -0.15) is 0 Å². The Morgan fingerprint density at radius 2 is 1.51 bits per heavy atom. The first-order valence-electron chi connectivity index (χ1n) is 11.3. The number of aliphatic hydroxyl groups is 1. The smallest absolute Gasteiger partial charge is 0.300 e. The van der Waals surface area contributed by atoms with Crippen molar-refractivity contribution in [3.8, 4) is 17.2 Å². The van der Waals surface area contributed by atoms with Gasteiger partial charge >= 0.3 is 0 Å². The number of methoxy groups -OCH3 is 3. The van der Waals surface area contributed by atoms with Gasteiger partial charge in [0.25, 0.3) is 11.7 Å². The van der Waals surface area contributed by atoms with E-state index in [1.165, 1.54) is 32.3 Å². The first-order chi connectivity index (χ1) is 17.6. The Bertz CT molecular complexity index is 1430. The molecule has 1 heterocycles. The van der Waals surface area contributed by atoms with Crippen molar-refractivity contribution in [2.75, 3.05) is 26.2 Å². The van der Waals surface area contributed by atoms with Gasteiger partial charge < -0.3 is 19.3 Å². The molecule has 7 nitrogen and oxygen atoms in total. The first-order valence-corrected chi connectivity index (χ1v) is 12.0. The van der Waals surface area contributed by atoms with Crippen LogP contribution in [0.4, 0.5) is 5.69 Å². The Morgan fingerprint density at radius 3 is 2.11 bits per heavy atom. The van der Waals surface area contributed by atoms with Crippen molar-refractivity contribution in [3.05, 3.63) is 86.4 Å². The average molecular weight is 542 g/mol. The normalized spacial score (nSPS) is 16.7. The van der Waals surface area contributed by atoms with Gasteiger partial charge in [-0.25, -0.2) is 0 Å². The lowest BCUT2D eigenvalue weighted by Gasteiger charge is -2.27. The summed E-state index contributed by atoms with van der Waals surface area (Å²) < 4.78 is 16.3. The van der Waals surface area contributed by atoms with Crippen LogP contribution in [-0.4, -0.2) is 38.1 Å². The molecule has 3 aromatic carbocycles. The third-order valence-electron chi connectivity index (χ3n) is 6.16. The molecule has 0 bridgehead atoms. The van der Waals surface area contributed by atoms with Gasteiger partial charge in [-0.1, -0.05) is 47.5 Å². The van der Waals surface area contributed by atoms with Crippen LogP contribution >= 0.6 is 23.2 Å². The molecule has 0 saturated carbocycles. The fraction of sp³-hybridized carbons (Fsp3) is 0.214. The van der Waals surface area contributed by atoms with E-state index in [0.29, 0.717) is 17.0 Å². The fourth-order valence-corrected chi connectivity index (χ4v) is 5.35. The molecule has 1 unspecified atom stereocenters. The van der Waals surface area contributed by atoms with E-state index in [1.807, 2.05) is 32.0 Å². The second-order valence-corrected chi connectivity index (χ2v) is 9.33. The van der Waals surface area contributed by atoms with E-state index in [9.17, 15) is 14.7 Å².